The fourth-order valence-electron chi connectivity index (χ4n) is 2.48. The highest BCUT2D eigenvalue weighted by molar-refractivity contribution is 5.79. The first kappa shape index (κ1) is 12.7. The minimum Gasteiger partial charge on any atom is -0.399 e. The van der Waals surface area contributed by atoms with Crippen molar-refractivity contribution in [2.24, 2.45) is 0 Å². The first-order valence-corrected chi connectivity index (χ1v) is 6.86. The second-order valence-electron chi connectivity index (χ2n) is 5.33. The van der Waals surface area contributed by atoms with Crippen LogP contribution in [0.25, 0.3) is 11.0 Å². The van der Waals surface area contributed by atoms with Gasteiger partial charge in [0.15, 0.2) is 0 Å². The van der Waals surface area contributed by atoms with E-state index in [-0.39, 0.29) is 0 Å². The number of aromatic nitrogens is 4. The summed E-state index contributed by atoms with van der Waals surface area (Å²) in [4.78, 5) is 8.81. The lowest BCUT2D eigenvalue weighted by Gasteiger charge is -2.11. The second kappa shape index (κ2) is 5.00. The molecule has 104 valence electrons. The first-order valence-electron chi connectivity index (χ1n) is 6.86. The summed E-state index contributed by atoms with van der Waals surface area (Å²) >= 11 is 0. The van der Waals surface area contributed by atoms with Crippen LogP contribution in [0.2, 0.25) is 0 Å². The van der Waals surface area contributed by atoms with Gasteiger partial charge in [0, 0.05) is 37.1 Å². The highest BCUT2D eigenvalue weighted by Gasteiger charge is 2.13. The zero-order valence-electron chi connectivity index (χ0n) is 11.8. The van der Waals surface area contributed by atoms with Crippen LogP contribution in [0, 0.1) is 0 Å². The molecule has 0 aliphatic carbocycles. The molecule has 20 heavy (non-hydrogen) atoms. The molecule has 2 N–H and O–H groups in total. The lowest BCUT2D eigenvalue weighted by atomic mass is 10.2. The maximum Gasteiger partial charge on any atom is 0.112 e. The van der Waals surface area contributed by atoms with Gasteiger partial charge in [-0.15, -0.1) is 0 Å². The van der Waals surface area contributed by atoms with E-state index in [0.29, 0.717) is 5.92 Å². The molecule has 2 aromatic heterocycles. The molecule has 0 saturated carbocycles. The van der Waals surface area contributed by atoms with Gasteiger partial charge in [-0.2, -0.15) is 0 Å². The van der Waals surface area contributed by atoms with Crippen LogP contribution in [0.5, 0.6) is 0 Å². The zero-order chi connectivity index (χ0) is 14.1. The van der Waals surface area contributed by atoms with Crippen molar-refractivity contribution in [1.29, 1.82) is 0 Å². The quantitative estimate of drug-likeness (QED) is 0.741. The van der Waals surface area contributed by atoms with Crippen LogP contribution < -0.4 is 5.73 Å². The number of aryl methyl sites for hydroxylation is 2. The Morgan fingerprint density at radius 2 is 2.10 bits per heavy atom. The van der Waals surface area contributed by atoms with Crippen molar-refractivity contribution in [2.75, 3.05) is 5.73 Å². The summed E-state index contributed by atoms with van der Waals surface area (Å²) in [7, 11) is 0. The lowest BCUT2D eigenvalue weighted by Crippen LogP contribution is -2.10. The van der Waals surface area contributed by atoms with Gasteiger partial charge in [-0.3, -0.25) is 0 Å². The topological polar surface area (TPSA) is 61.7 Å². The van der Waals surface area contributed by atoms with Crippen LogP contribution in [0.1, 0.15) is 25.6 Å². The molecular weight excluding hydrogens is 250 g/mol. The van der Waals surface area contributed by atoms with Gasteiger partial charge in [0.1, 0.15) is 5.82 Å². The highest BCUT2D eigenvalue weighted by atomic mass is 15.1. The van der Waals surface area contributed by atoms with Gasteiger partial charge in [-0.1, -0.05) is 13.8 Å². The predicted molar refractivity (Wildman–Crippen MR) is 80.5 cm³/mol. The average molecular weight is 269 g/mol. The number of nitrogen functional groups attached to an aromatic ring is 1. The van der Waals surface area contributed by atoms with Gasteiger partial charge < -0.3 is 14.9 Å². The molecule has 0 unspecified atom stereocenters. The minimum atomic E-state index is 0.381. The number of rotatable bonds is 4. The first-order chi connectivity index (χ1) is 9.65. The van der Waals surface area contributed by atoms with E-state index in [9.17, 15) is 0 Å². The summed E-state index contributed by atoms with van der Waals surface area (Å²) in [6.45, 7) is 6.09. The molecule has 5 nitrogen and oxygen atoms in total. The van der Waals surface area contributed by atoms with Gasteiger partial charge >= 0.3 is 0 Å². The smallest absolute Gasteiger partial charge is 0.112 e. The minimum absolute atomic E-state index is 0.381. The van der Waals surface area contributed by atoms with Crippen LogP contribution in [-0.2, 0) is 13.1 Å². The van der Waals surface area contributed by atoms with E-state index >= 15 is 0 Å². The number of imidazole rings is 2. The monoisotopic (exact) mass is 269 g/mol. The molecule has 0 aliphatic rings. The van der Waals surface area contributed by atoms with Crippen molar-refractivity contribution in [1.82, 2.24) is 19.1 Å². The van der Waals surface area contributed by atoms with E-state index in [1.807, 2.05) is 24.7 Å². The molecule has 0 atom stereocenters. The Bertz CT molecular complexity index is 709. The van der Waals surface area contributed by atoms with Crippen molar-refractivity contribution in [3.05, 3.63) is 42.7 Å². The summed E-state index contributed by atoms with van der Waals surface area (Å²) in [6.07, 6.45) is 5.62. The third kappa shape index (κ3) is 2.27. The number of hydrogen-bond donors (Lipinski definition) is 1. The SMILES string of the molecule is CC(C)c1nc2cc(N)ccc2n1CCn1ccnc1. The number of nitrogens with zero attached hydrogens (tertiary/aromatic N) is 4. The largest absolute Gasteiger partial charge is 0.399 e. The molecular formula is C15H19N5. The highest BCUT2D eigenvalue weighted by Crippen LogP contribution is 2.23. The van der Waals surface area contributed by atoms with Crippen molar-refractivity contribution in [3.8, 4) is 0 Å². The Morgan fingerprint density at radius 1 is 1.25 bits per heavy atom. The van der Waals surface area contributed by atoms with E-state index < -0.39 is 0 Å². The fourth-order valence-corrected chi connectivity index (χ4v) is 2.48. The molecule has 0 saturated heterocycles. The van der Waals surface area contributed by atoms with Gasteiger partial charge in [0.25, 0.3) is 0 Å². The molecule has 5 heteroatoms. The molecule has 0 spiro atoms. The number of anilines is 1. The molecule has 0 bridgehead atoms. The van der Waals surface area contributed by atoms with Crippen LogP contribution >= 0.6 is 0 Å². The Kier molecular flexibility index (Phi) is 3.18. The Morgan fingerprint density at radius 3 is 2.80 bits per heavy atom. The van der Waals surface area contributed by atoms with Crippen LogP contribution in [0.4, 0.5) is 5.69 Å². The normalized spacial score (nSPS) is 11.6. The molecule has 1 aromatic carbocycles. The summed E-state index contributed by atoms with van der Waals surface area (Å²) in [5.41, 5.74) is 8.72. The van der Waals surface area contributed by atoms with Crippen molar-refractivity contribution >= 4 is 16.7 Å². The third-order valence-corrected chi connectivity index (χ3v) is 3.46. The van der Waals surface area contributed by atoms with Crippen LogP contribution in [-0.4, -0.2) is 19.1 Å². The van der Waals surface area contributed by atoms with Crippen molar-refractivity contribution in [3.63, 3.8) is 0 Å². The molecule has 0 aliphatic heterocycles. The summed E-state index contributed by atoms with van der Waals surface area (Å²) in [5.74, 6) is 1.48. The summed E-state index contributed by atoms with van der Waals surface area (Å²) in [5, 5.41) is 0. The Balaban J connectivity index is 2.00. The second-order valence-corrected chi connectivity index (χ2v) is 5.33. The van der Waals surface area contributed by atoms with E-state index in [1.165, 1.54) is 0 Å². The van der Waals surface area contributed by atoms with Gasteiger partial charge in [0.05, 0.1) is 17.4 Å². The number of benzene rings is 1. The molecule has 3 rings (SSSR count). The number of fused-ring (bicyclic) bond motifs is 1. The van der Waals surface area contributed by atoms with Gasteiger partial charge in [-0.25, -0.2) is 9.97 Å². The van der Waals surface area contributed by atoms with E-state index in [1.54, 1.807) is 6.20 Å². The van der Waals surface area contributed by atoms with Gasteiger partial charge in [-0.05, 0) is 18.2 Å². The van der Waals surface area contributed by atoms with E-state index in [2.05, 4.69) is 34.0 Å². The van der Waals surface area contributed by atoms with Crippen molar-refractivity contribution < 1.29 is 0 Å². The van der Waals surface area contributed by atoms with Crippen LogP contribution in [0.3, 0.4) is 0 Å². The van der Waals surface area contributed by atoms with E-state index in [4.69, 9.17) is 10.7 Å². The Hall–Kier alpha value is -2.30. The lowest BCUT2D eigenvalue weighted by molar-refractivity contribution is 0.556. The molecule has 2 heterocycles. The van der Waals surface area contributed by atoms with E-state index in [0.717, 1.165) is 35.6 Å². The Labute approximate surface area is 118 Å². The standard InChI is InChI=1S/C15H19N5/c1-11(2)15-18-13-9-12(16)3-4-14(13)20(15)8-7-19-6-5-17-10-19/h3-6,9-11H,7-8,16H2,1-2H3. The summed E-state index contributed by atoms with van der Waals surface area (Å²) < 4.78 is 4.35. The van der Waals surface area contributed by atoms with Crippen molar-refractivity contribution in [2.45, 2.75) is 32.9 Å². The maximum atomic E-state index is 5.85. The number of nitrogens with two attached hydrogens (primary N) is 1. The summed E-state index contributed by atoms with van der Waals surface area (Å²) in [6, 6.07) is 5.92. The van der Waals surface area contributed by atoms with Crippen LogP contribution in [0.15, 0.2) is 36.9 Å². The maximum absolute atomic E-state index is 5.85. The molecule has 0 fully saturated rings. The zero-order valence-corrected chi connectivity index (χ0v) is 11.8. The average Bonchev–Trinajstić information content (AvgIpc) is 3.02. The van der Waals surface area contributed by atoms with Gasteiger partial charge in [0.2, 0.25) is 0 Å². The fraction of sp³-hybridized carbons (Fsp3) is 0.333. The third-order valence-electron chi connectivity index (χ3n) is 3.46. The predicted octanol–water partition coefficient (Wildman–Crippen LogP) is 2.64. The molecule has 0 amide bonds. The molecule has 0 radical (unpaired) electrons. The number of hydrogen-bond acceptors (Lipinski definition) is 3. The molecule has 3 aromatic rings.